The van der Waals surface area contributed by atoms with Gasteiger partial charge < -0.3 is 15.5 Å². The van der Waals surface area contributed by atoms with Gasteiger partial charge in [-0.25, -0.2) is 4.99 Å². The van der Waals surface area contributed by atoms with Gasteiger partial charge in [0.15, 0.2) is 5.96 Å². The van der Waals surface area contributed by atoms with Gasteiger partial charge in [0.2, 0.25) is 5.91 Å². The summed E-state index contributed by atoms with van der Waals surface area (Å²) in [7, 11) is 3.51. The lowest BCUT2D eigenvalue weighted by atomic mass is 10.2. The molecule has 8 heteroatoms. The molecule has 1 atom stereocenters. The topological polar surface area (TPSA) is 60.0 Å². The van der Waals surface area contributed by atoms with Crippen LogP contribution in [-0.2, 0) is 11.3 Å². The van der Waals surface area contributed by atoms with E-state index in [2.05, 4.69) is 57.1 Å². The van der Waals surface area contributed by atoms with Gasteiger partial charge in [0.05, 0.1) is 0 Å². The summed E-state index contributed by atoms with van der Waals surface area (Å²) in [5.74, 6) is 1.74. The number of aliphatic imine (C=N–C) groups is 1. The van der Waals surface area contributed by atoms with Gasteiger partial charge in [-0.05, 0) is 31.2 Å². The first-order valence-corrected chi connectivity index (χ1v) is 11.0. The second-order valence-corrected chi connectivity index (χ2v) is 7.99. The highest BCUT2D eigenvalue weighted by atomic mass is 127. The minimum Gasteiger partial charge on any atom is -0.356 e. The van der Waals surface area contributed by atoms with Crippen LogP contribution in [0.5, 0.6) is 0 Å². The van der Waals surface area contributed by atoms with Crippen LogP contribution in [0.3, 0.4) is 0 Å². The van der Waals surface area contributed by atoms with E-state index in [1.807, 2.05) is 0 Å². The summed E-state index contributed by atoms with van der Waals surface area (Å²) in [5.41, 5.74) is 1.35. The van der Waals surface area contributed by atoms with Crippen molar-refractivity contribution in [3.63, 3.8) is 0 Å². The van der Waals surface area contributed by atoms with E-state index in [0.29, 0.717) is 6.04 Å². The van der Waals surface area contributed by atoms with Crippen LogP contribution in [0.25, 0.3) is 0 Å². The lowest BCUT2D eigenvalue weighted by molar-refractivity contribution is -0.127. The van der Waals surface area contributed by atoms with E-state index in [4.69, 9.17) is 0 Å². The number of nitrogens with one attached hydrogen (secondary N) is 2. The number of benzene rings is 1. The van der Waals surface area contributed by atoms with Gasteiger partial charge in [0, 0.05) is 45.5 Å². The maximum absolute atomic E-state index is 11.8. The number of hydrogen-bond donors (Lipinski definition) is 2. The Balaban J connectivity index is 0.00000392. The van der Waals surface area contributed by atoms with Crippen LogP contribution >= 0.6 is 35.7 Å². The fraction of sp³-hybridized carbons (Fsp3) is 0.600. The minimum atomic E-state index is 0. The average Bonchev–Trinajstić information content (AvgIpc) is 3.11. The number of halogens is 1. The standard InChI is InChI=1S/C20H33N5OS.HI/c1-24(2)19(26)15-23-20(21-11-13-27-3)22-14-18-10-7-12-25(18)16-17-8-5-4-6-9-17;/h4-6,8-9,18H,7,10-16H2,1-3H3,(H2,21,22,23);1H. The van der Waals surface area contributed by atoms with Crippen molar-refractivity contribution in [3.05, 3.63) is 35.9 Å². The van der Waals surface area contributed by atoms with Crippen LogP contribution in [0.2, 0.25) is 0 Å². The summed E-state index contributed by atoms with van der Waals surface area (Å²) in [6.07, 6.45) is 4.50. The van der Waals surface area contributed by atoms with Crippen LogP contribution in [0.1, 0.15) is 18.4 Å². The van der Waals surface area contributed by atoms with Crippen LogP contribution in [-0.4, -0.2) is 80.0 Å². The molecule has 0 saturated carbocycles. The Morgan fingerprint density at radius 2 is 2.04 bits per heavy atom. The average molecular weight is 519 g/mol. The molecule has 0 spiro atoms. The van der Waals surface area contributed by atoms with Crippen molar-refractivity contribution >= 4 is 47.6 Å². The molecule has 1 saturated heterocycles. The van der Waals surface area contributed by atoms with Crippen LogP contribution in [0, 0.1) is 0 Å². The van der Waals surface area contributed by atoms with E-state index >= 15 is 0 Å². The molecule has 1 aliphatic rings. The molecule has 0 aromatic heterocycles. The van der Waals surface area contributed by atoms with Gasteiger partial charge in [-0.2, -0.15) is 11.8 Å². The quantitative estimate of drug-likeness (QED) is 0.227. The molecule has 0 bridgehead atoms. The molecule has 6 nitrogen and oxygen atoms in total. The molecular formula is C20H34IN5OS. The SMILES string of the molecule is CSCCNC(=NCC(=O)N(C)C)NCC1CCCN1Cc1ccccc1.I. The highest BCUT2D eigenvalue weighted by Crippen LogP contribution is 2.19. The third-order valence-corrected chi connectivity index (χ3v) is 5.31. The highest BCUT2D eigenvalue weighted by molar-refractivity contribution is 14.0. The molecule has 0 aliphatic carbocycles. The summed E-state index contributed by atoms with van der Waals surface area (Å²) < 4.78 is 0. The molecule has 1 unspecified atom stereocenters. The predicted molar refractivity (Wildman–Crippen MR) is 131 cm³/mol. The Bertz CT molecular complexity index is 600. The van der Waals surface area contributed by atoms with E-state index in [-0.39, 0.29) is 36.4 Å². The van der Waals surface area contributed by atoms with Crippen molar-refractivity contribution in [2.24, 2.45) is 4.99 Å². The Morgan fingerprint density at radius 1 is 1.29 bits per heavy atom. The molecule has 158 valence electrons. The van der Waals surface area contributed by atoms with Crippen LogP contribution in [0.4, 0.5) is 0 Å². The Morgan fingerprint density at radius 3 is 2.71 bits per heavy atom. The minimum absolute atomic E-state index is 0. The maximum Gasteiger partial charge on any atom is 0.243 e. The number of rotatable bonds is 9. The largest absolute Gasteiger partial charge is 0.356 e. The summed E-state index contributed by atoms with van der Waals surface area (Å²) >= 11 is 1.79. The maximum atomic E-state index is 11.8. The number of amides is 1. The zero-order chi connectivity index (χ0) is 19.5. The van der Waals surface area contributed by atoms with Gasteiger partial charge >= 0.3 is 0 Å². The highest BCUT2D eigenvalue weighted by Gasteiger charge is 2.24. The molecule has 1 aromatic rings. The van der Waals surface area contributed by atoms with Crippen molar-refractivity contribution in [2.75, 3.05) is 52.3 Å². The lowest BCUT2D eigenvalue weighted by Gasteiger charge is -2.25. The number of guanidine groups is 1. The van der Waals surface area contributed by atoms with Crippen molar-refractivity contribution in [1.82, 2.24) is 20.4 Å². The lowest BCUT2D eigenvalue weighted by Crippen LogP contribution is -2.45. The first kappa shape index (κ1) is 25.0. The third kappa shape index (κ3) is 9.00. The van der Waals surface area contributed by atoms with Gasteiger partial charge in [-0.3, -0.25) is 9.69 Å². The van der Waals surface area contributed by atoms with Crippen molar-refractivity contribution < 1.29 is 4.79 Å². The summed E-state index contributed by atoms with van der Waals surface area (Å²) in [5, 5.41) is 6.78. The summed E-state index contributed by atoms with van der Waals surface area (Å²) in [6.45, 7) is 3.96. The molecule has 1 fully saturated rings. The van der Waals surface area contributed by atoms with E-state index in [0.717, 1.165) is 37.9 Å². The Kier molecular flexibility index (Phi) is 12.6. The van der Waals surface area contributed by atoms with Crippen molar-refractivity contribution in [3.8, 4) is 0 Å². The molecule has 1 aromatic carbocycles. The molecular weight excluding hydrogens is 485 g/mol. The zero-order valence-corrected chi connectivity index (χ0v) is 20.3. The number of carbonyl (C=O) groups excluding carboxylic acids is 1. The molecule has 2 rings (SSSR count). The van der Waals surface area contributed by atoms with Crippen LogP contribution in [0.15, 0.2) is 35.3 Å². The van der Waals surface area contributed by atoms with Crippen molar-refractivity contribution in [2.45, 2.75) is 25.4 Å². The van der Waals surface area contributed by atoms with Crippen molar-refractivity contribution in [1.29, 1.82) is 0 Å². The fourth-order valence-electron chi connectivity index (χ4n) is 3.10. The number of likely N-dealkylation sites (tertiary alicyclic amines) is 1. The molecule has 1 heterocycles. The van der Waals surface area contributed by atoms with E-state index in [1.54, 1.807) is 30.8 Å². The second kappa shape index (κ2) is 14.1. The van der Waals surface area contributed by atoms with Gasteiger partial charge in [-0.15, -0.1) is 24.0 Å². The third-order valence-electron chi connectivity index (χ3n) is 4.70. The molecule has 1 amide bonds. The number of nitrogens with zero attached hydrogens (tertiary/aromatic N) is 3. The van der Waals surface area contributed by atoms with E-state index in [1.165, 1.54) is 18.4 Å². The summed E-state index contributed by atoms with van der Waals surface area (Å²) in [4.78, 5) is 20.4. The van der Waals surface area contributed by atoms with Gasteiger partial charge in [0.1, 0.15) is 6.54 Å². The molecule has 0 radical (unpaired) electrons. The Hall–Kier alpha value is -1.000. The number of hydrogen-bond acceptors (Lipinski definition) is 4. The first-order valence-electron chi connectivity index (χ1n) is 9.59. The number of thioether (sulfide) groups is 1. The zero-order valence-electron chi connectivity index (χ0n) is 17.2. The molecule has 2 N–H and O–H groups in total. The second-order valence-electron chi connectivity index (χ2n) is 7.01. The molecule has 28 heavy (non-hydrogen) atoms. The van der Waals surface area contributed by atoms with Gasteiger partial charge in [0.25, 0.3) is 0 Å². The van der Waals surface area contributed by atoms with Crippen LogP contribution < -0.4 is 10.6 Å². The predicted octanol–water partition coefficient (Wildman–Crippen LogP) is 2.26. The van der Waals surface area contributed by atoms with E-state index < -0.39 is 0 Å². The molecule has 1 aliphatic heterocycles. The normalized spacial score (nSPS) is 17.1. The van der Waals surface area contributed by atoms with E-state index in [9.17, 15) is 4.79 Å². The Labute approximate surface area is 190 Å². The summed E-state index contributed by atoms with van der Waals surface area (Å²) in [6, 6.07) is 11.1. The van der Waals surface area contributed by atoms with Gasteiger partial charge in [-0.1, -0.05) is 30.3 Å². The first-order chi connectivity index (χ1) is 13.1. The number of likely N-dealkylation sites (N-methyl/N-ethyl adjacent to an activating group) is 1. The smallest absolute Gasteiger partial charge is 0.243 e. The number of carbonyl (C=O) groups is 1. The monoisotopic (exact) mass is 519 g/mol. The fourth-order valence-corrected chi connectivity index (χ4v) is 3.41.